The van der Waals surface area contributed by atoms with Crippen LogP contribution in [-0.4, -0.2) is 54.5 Å². The Morgan fingerprint density at radius 1 is 1.04 bits per heavy atom. The molecule has 8 nitrogen and oxygen atoms in total. The maximum atomic E-state index is 12.7. The lowest BCUT2D eigenvalue weighted by molar-refractivity contribution is 0.0731. The molecule has 1 saturated heterocycles. The molecule has 8 heteroatoms. The van der Waals surface area contributed by atoms with Gasteiger partial charge in [0.1, 0.15) is 5.69 Å². The number of hydrogen-bond donors (Lipinski definition) is 0. The summed E-state index contributed by atoms with van der Waals surface area (Å²) in [7, 11) is 1.82. The minimum Gasteiger partial charge on any atom is -0.337 e. The minimum absolute atomic E-state index is 0.0295. The molecule has 0 atom stereocenters. The average molecular weight is 326 g/mol. The summed E-state index contributed by atoms with van der Waals surface area (Å²) in [5, 5.41) is 4.40. The third kappa shape index (κ3) is 2.34. The highest BCUT2D eigenvalue weighted by atomic mass is 16.2. The standard InChI is InChI=1S/C16H18N6O2/c1-20-13-10-22(15(23)12-8-17-4-5-18-12)9-11(13)14(19-20)16(24)21-6-2-3-7-21/h4-5,8H,2-3,6-7,9-10H2,1H3. The van der Waals surface area contributed by atoms with Crippen LogP contribution in [0.3, 0.4) is 0 Å². The molecule has 24 heavy (non-hydrogen) atoms. The molecule has 124 valence electrons. The zero-order valence-electron chi connectivity index (χ0n) is 13.5. The van der Waals surface area contributed by atoms with Gasteiger partial charge in [-0.15, -0.1) is 0 Å². The van der Waals surface area contributed by atoms with Crippen LogP contribution < -0.4 is 0 Å². The van der Waals surface area contributed by atoms with Crippen molar-refractivity contribution in [2.45, 2.75) is 25.9 Å². The third-order valence-electron chi connectivity index (χ3n) is 4.63. The fourth-order valence-corrected chi connectivity index (χ4v) is 3.35. The van der Waals surface area contributed by atoms with Gasteiger partial charge in [0.05, 0.1) is 25.0 Å². The molecule has 0 saturated carbocycles. The number of aromatic nitrogens is 4. The fraction of sp³-hybridized carbons (Fsp3) is 0.438. The Hall–Kier alpha value is -2.77. The van der Waals surface area contributed by atoms with Crippen molar-refractivity contribution < 1.29 is 9.59 Å². The number of nitrogens with zero attached hydrogens (tertiary/aromatic N) is 6. The molecule has 0 unspecified atom stereocenters. The molecular formula is C16H18N6O2. The zero-order valence-corrected chi connectivity index (χ0v) is 13.5. The highest BCUT2D eigenvalue weighted by Gasteiger charge is 2.34. The largest absolute Gasteiger partial charge is 0.337 e. The minimum atomic E-state index is -0.182. The Labute approximate surface area is 139 Å². The maximum absolute atomic E-state index is 12.7. The Kier molecular flexibility index (Phi) is 3.51. The predicted molar refractivity (Wildman–Crippen MR) is 84.0 cm³/mol. The summed E-state index contributed by atoms with van der Waals surface area (Å²) in [4.78, 5) is 36.8. The van der Waals surface area contributed by atoms with E-state index in [-0.39, 0.29) is 11.8 Å². The molecule has 1 fully saturated rings. The van der Waals surface area contributed by atoms with Crippen LogP contribution in [-0.2, 0) is 20.1 Å². The molecule has 4 heterocycles. The quantitative estimate of drug-likeness (QED) is 0.807. The van der Waals surface area contributed by atoms with E-state index in [0.717, 1.165) is 37.2 Å². The molecule has 2 aliphatic rings. The molecule has 0 N–H and O–H groups in total. The normalized spacial score (nSPS) is 16.5. The second-order valence-electron chi connectivity index (χ2n) is 6.15. The van der Waals surface area contributed by atoms with Gasteiger partial charge < -0.3 is 9.80 Å². The lowest BCUT2D eigenvalue weighted by Gasteiger charge is -2.17. The Morgan fingerprint density at radius 2 is 1.83 bits per heavy atom. The summed E-state index contributed by atoms with van der Waals surface area (Å²) in [6, 6.07) is 0. The van der Waals surface area contributed by atoms with Crippen molar-refractivity contribution >= 4 is 11.8 Å². The zero-order chi connectivity index (χ0) is 16.7. The van der Waals surface area contributed by atoms with Crippen molar-refractivity contribution in [1.29, 1.82) is 0 Å². The van der Waals surface area contributed by atoms with E-state index in [0.29, 0.717) is 24.5 Å². The molecule has 2 amide bonds. The van der Waals surface area contributed by atoms with Gasteiger partial charge in [0.15, 0.2) is 5.69 Å². The van der Waals surface area contributed by atoms with E-state index in [2.05, 4.69) is 15.1 Å². The van der Waals surface area contributed by atoms with Crippen molar-refractivity contribution in [2.24, 2.45) is 7.05 Å². The molecule has 0 radical (unpaired) electrons. The fourth-order valence-electron chi connectivity index (χ4n) is 3.35. The monoisotopic (exact) mass is 326 g/mol. The van der Waals surface area contributed by atoms with Crippen LogP contribution in [0.25, 0.3) is 0 Å². The SMILES string of the molecule is Cn1nc(C(=O)N2CCCC2)c2c1CN(C(=O)c1cnccn1)C2. The second kappa shape index (κ2) is 5.70. The molecule has 0 spiro atoms. The van der Waals surface area contributed by atoms with Crippen molar-refractivity contribution in [1.82, 2.24) is 29.5 Å². The molecule has 2 aromatic rings. The van der Waals surface area contributed by atoms with Crippen LogP contribution in [0.5, 0.6) is 0 Å². The topological polar surface area (TPSA) is 84.2 Å². The first-order valence-corrected chi connectivity index (χ1v) is 8.04. The summed E-state index contributed by atoms with van der Waals surface area (Å²) in [5.74, 6) is -0.211. The van der Waals surface area contributed by atoms with E-state index in [4.69, 9.17) is 0 Å². The Bertz CT molecular complexity index is 794. The number of hydrogen-bond acceptors (Lipinski definition) is 5. The van der Waals surface area contributed by atoms with E-state index in [1.54, 1.807) is 9.58 Å². The van der Waals surface area contributed by atoms with Gasteiger partial charge in [0.25, 0.3) is 11.8 Å². The summed E-state index contributed by atoms with van der Waals surface area (Å²) in [6.45, 7) is 2.38. The van der Waals surface area contributed by atoms with Gasteiger partial charge in [-0.2, -0.15) is 5.10 Å². The molecule has 0 bridgehead atoms. The van der Waals surface area contributed by atoms with Gasteiger partial charge in [0, 0.05) is 38.1 Å². The first kappa shape index (κ1) is 14.8. The van der Waals surface area contributed by atoms with Crippen LogP contribution in [0.15, 0.2) is 18.6 Å². The number of carbonyl (C=O) groups excluding carboxylic acids is 2. The van der Waals surface area contributed by atoms with E-state index in [1.807, 2.05) is 11.9 Å². The summed E-state index contributed by atoms with van der Waals surface area (Å²) >= 11 is 0. The predicted octanol–water partition coefficient (Wildman–Crippen LogP) is 0.602. The van der Waals surface area contributed by atoms with Crippen LogP contribution in [0.2, 0.25) is 0 Å². The van der Waals surface area contributed by atoms with Gasteiger partial charge in [-0.05, 0) is 12.8 Å². The highest BCUT2D eigenvalue weighted by molar-refractivity contribution is 5.96. The number of fused-ring (bicyclic) bond motifs is 1. The molecule has 2 aromatic heterocycles. The smallest absolute Gasteiger partial charge is 0.274 e. The number of likely N-dealkylation sites (tertiary alicyclic amines) is 1. The molecule has 0 aromatic carbocycles. The van der Waals surface area contributed by atoms with Crippen molar-refractivity contribution in [3.05, 3.63) is 41.2 Å². The van der Waals surface area contributed by atoms with E-state index < -0.39 is 0 Å². The van der Waals surface area contributed by atoms with Crippen LogP contribution in [0.4, 0.5) is 0 Å². The second-order valence-corrected chi connectivity index (χ2v) is 6.15. The van der Waals surface area contributed by atoms with E-state index in [1.165, 1.54) is 18.6 Å². The number of carbonyl (C=O) groups is 2. The summed E-state index contributed by atoms with van der Waals surface area (Å²) < 4.78 is 1.71. The molecule has 0 aliphatic carbocycles. The van der Waals surface area contributed by atoms with Crippen LogP contribution >= 0.6 is 0 Å². The van der Waals surface area contributed by atoms with Crippen LogP contribution in [0, 0.1) is 0 Å². The van der Waals surface area contributed by atoms with E-state index in [9.17, 15) is 9.59 Å². The summed E-state index contributed by atoms with van der Waals surface area (Å²) in [5.41, 5.74) is 2.55. The van der Waals surface area contributed by atoms with Crippen LogP contribution in [0.1, 0.15) is 45.1 Å². The third-order valence-corrected chi connectivity index (χ3v) is 4.63. The maximum Gasteiger partial charge on any atom is 0.274 e. The van der Waals surface area contributed by atoms with Gasteiger partial charge in [0.2, 0.25) is 0 Å². The summed E-state index contributed by atoms with van der Waals surface area (Å²) in [6.07, 6.45) is 6.57. The van der Waals surface area contributed by atoms with Gasteiger partial charge in [-0.3, -0.25) is 19.3 Å². The molecular weight excluding hydrogens is 308 g/mol. The highest BCUT2D eigenvalue weighted by Crippen LogP contribution is 2.28. The lowest BCUT2D eigenvalue weighted by Crippen LogP contribution is -2.30. The number of amides is 2. The lowest BCUT2D eigenvalue weighted by atomic mass is 10.2. The molecule has 2 aliphatic heterocycles. The van der Waals surface area contributed by atoms with Gasteiger partial charge >= 0.3 is 0 Å². The van der Waals surface area contributed by atoms with Crippen molar-refractivity contribution in [2.75, 3.05) is 13.1 Å². The average Bonchev–Trinajstić information content (AvgIpc) is 3.33. The number of rotatable bonds is 2. The van der Waals surface area contributed by atoms with E-state index >= 15 is 0 Å². The first-order valence-electron chi connectivity index (χ1n) is 8.04. The van der Waals surface area contributed by atoms with Gasteiger partial charge in [-0.1, -0.05) is 0 Å². The van der Waals surface area contributed by atoms with Gasteiger partial charge in [-0.25, -0.2) is 4.98 Å². The number of aryl methyl sites for hydroxylation is 1. The molecule has 4 rings (SSSR count). The van der Waals surface area contributed by atoms with Crippen molar-refractivity contribution in [3.63, 3.8) is 0 Å². The Morgan fingerprint density at radius 3 is 2.54 bits per heavy atom. The first-order chi connectivity index (χ1) is 11.6. The Balaban J connectivity index is 1.59. The van der Waals surface area contributed by atoms with Crippen molar-refractivity contribution in [3.8, 4) is 0 Å².